The first-order chi connectivity index (χ1) is 14.8. The van der Waals surface area contributed by atoms with Crippen molar-refractivity contribution in [1.29, 1.82) is 0 Å². The van der Waals surface area contributed by atoms with Gasteiger partial charge in [-0.05, 0) is 49.2 Å². The van der Waals surface area contributed by atoms with E-state index in [9.17, 15) is 8.42 Å². The highest BCUT2D eigenvalue weighted by Gasteiger charge is 2.16. The number of hydrogen-bond donors (Lipinski definition) is 1. The van der Waals surface area contributed by atoms with Gasteiger partial charge in [0, 0.05) is 12.5 Å². The molecule has 0 saturated heterocycles. The lowest BCUT2D eigenvalue weighted by Crippen LogP contribution is -2.35. The number of benzene rings is 3. The molecule has 0 saturated carbocycles. The van der Waals surface area contributed by atoms with Crippen LogP contribution in [-0.4, -0.2) is 13.0 Å². The minimum atomic E-state index is -4.02. The van der Waals surface area contributed by atoms with Crippen LogP contribution in [0.15, 0.2) is 89.1 Å². The van der Waals surface area contributed by atoms with Gasteiger partial charge in [-0.3, -0.25) is 4.55 Å². The molecular weight excluding hydrogens is 426 g/mol. The van der Waals surface area contributed by atoms with E-state index >= 15 is 0 Å². The molecule has 0 amide bonds. The predicted molar refractivity (Wildman–Crippen MR) is 127 cm³/mol. The van der Waals surface area contributed by atoms with Gasteiger partial charge in [0.2, 0.25) is 10.7 Å². The molecule has 0 fully saturated rings. The van der Waals surface area contributed by atoms with Gasteiger partial charge >= 0.3 is 0 Å². The molecule has 0 atom stereocenters. The van der Waals surface area contributed by atoms with Crippen LogP contribution in [0.2, 0.25) is 0 Å². The van der Waals surface area contributed by atoms with Crippen molar-refractivity contribution in [1.82, 2.24) is 0 Å². The summed E-state index contributed by atoms with van der Waals surface area (Å²) in [7, 11) is -4.02. The Bertz CT molecular complexity index is 1230. The summed E-state index contributed by atoms with van der Waals surface area (Å²) in [6, 6.07) is 25.3. The number of nitrogens with zero attached hydrogens (tertiary/aromatic N) is 1. The smallest absolute Gasteiger partial charge is 0.282 e. The Morgan fingerprint density at radius 3 is 1.90 bits per heavy atom. The fraction of sp³-hybridized carbons (Fsp3) is 0.160. The third-order valence-corrected chi connectivity index (χ3v) is 6.71. The van der Waals surface area contributed by atoms with Crippen molar-refractivity contribution >= 4 is 21.5 Å². The molecule has 3 aromatic carbocycles. The summed E-state index contributed by atoms with van der Waals surface area (Å²) in [5, 5.41) is 3.60. The van der Waals surface area contributed by atoms with Gasteiger partial charge < -0.3 is 0 Å². The second-order valence-electron chi connectivity index (χ2n) is 7.12. The number of rotatable bonds is 4. The SMILES string of the molecule is CC[n+]1c(-c2ccc(-c3ccccc3)cc2)csc1C.Cc1ccc(S(=O)(=O)O)cc1. The summed E-state index contributed by atoms with van der Waals surface area (Å²) in [6.07, 6.45) is 0. The third kappa shape index (κ3) is 5.88. The van der Waals surface area contributed by atoms with Crippen LogP contribution in [0.5, 0.6) is 0 Å². The van der Waals surface area contributed by atoms with E-state index < -0.39 is 10.1 Å². The van der Waals surface area contributed by atoms with Crippen LogP contribution >= 0.6 is 11.3 Å². The summed E-state index contributed by atoms with van der Waals surface area (Å²) in [6.45, 7) is 7.23. The summed E-state index contributed by atoms with van der Waals surface area (Å²) in [4.78, 5) is -0.0666. The molecule has 0 aliphatic rings. The van der Waals surface area contributed by atoms with Crippen molar-refractivity contribution in [2.75, 3.05) is 0 Å². The summed E-state index contributed by atoms with van der Waals surface area (Å²) < 4.78 is 31.9. The lowest BCUT2D eigenvalue weighted by atomic mass is 10.0. The van der Waals surface area contributed by atoms with Gasteiger partial charge in [0.25, 0.3) is 10.1 Å². The van der Waals surface area contributed by atoms with Gasteiger partial charge in [-0.25, -0.2) is 0 Å². The van der Waals surface area contributed by atoms with Gasteiger partial charge in [0.05, 0.1) is 10.3 Å². The molecule has 6 heteroatoms. The summed E-state index contributed by atoms with van der Waals surface area (Å²) in [5.41, 5.74) is 6.09. The van der Waals surface area contributed by atoms with Crippen LogP contribution in [0.3, 0.4) is 0 Å². The largest absolute Gasteiger partial charge is 0.294 e. The quantitative estimate of drug-likeness (QED) is 0.308. The van der Waals surface area contributed by atoms with E-state index in [1.807, 2.05) is 18.3 Å². The number of thiazole rings is 1. The van der Waals surface area contributed by atoms with E-state index in [0.29, 0.717) is 0 Å². The van der Waals surface area contributed by atoms with Crippen molar-refractivity contribution in [3.8, 4) is 22.4 Å². The Kier molecular flexibility index (Phi) is 7.38. The lowest BCUT2D eigenvalue weighted by molar-refractivity contribution is -0.683. The monoisotopic (exact) mass is 452 g/mol. The highest BCUT2D eigenvalue weighted by atomic mass is 32.2. The second kappa shape index (κ2) is 10.0. The maximum atomic E-state index is 10.5. The van der Waals surface area contributed by atoms with Gasteiger partial charge in [0.15, 0.2) is 0 Å². The minimum Gasteiger partial charge on any atom is -0.282 e. The van der Waals surface area contributed by atoms with E-state index in [0.717, 1.165) is 12.1 Å². The van der Waals surface area contributed by atoms with E-state index in [1.54, 1.807) is 12.1 Å². The average Bonchev–Trinajstić information content (AvgIpc) is 3.15. The van der Waals surface area contributed by atoms with E-state index in [-0.39, 0.29) is 4.90 Å². The molecule has 1 N–H and O–H groups in total. The highest BCUT2D eigenvalue weighted by Crippen LogP contribution is 2.24. The first kappa shape index (κ1) is 22.9. The van der Waals surface area contributed by atoms with Crippen LogP contribution in [0, 0.1) is 13.8 Å². The molecule has 0 aliphatic heterocycles. The fourth-order valence-corrected chi connectivity index (χ4v) is 4.61. The van der Waals surface area contributed by atoms with Crippen molar-refractivity contribution in [2.45, 2.75) is 32.2 Å². The molecule has 31 heavy (non-hydrogen) atoms. The topological polar surface area (TPSA) is 58.2 Å². The Morgan fingerprint density at radius 2 is 1.35 bits per heavy atom. The molecule has 4 rings (SSSR count). The van der Waals surface area contributed by atoms with Crippen LogP contribution < -0.4 is 4.57 Å². The Labute approximate surface area is 188 Å². The number of aromatic nitrogens is 1. The molecule has 0 spiro atoms. The predicted octanol–water partition coefficient (Wildman–Crippen LogP) is 5.94. The van der Waals surface area contributed by atoms with Crippen LogP contribution in [0.1, 0.15) is 17.5 Å². The van der Waals surface area contributed by atoms with Crippen molar-refractivity contribution in [3.63, 3.8) is 0 Å². The number of aryl methyl sites for hydroxylation is 2. The lowest BCUT2D eigenvalue weighted by Gasteiger charge is -2.03. The van der Waals surface area contributed by atoms with Crippen LogP contribution in [-0.2, 0) is 16.7 Å². The molecule has 4 nitrogen and oxygen atoms in total. The zero-order valence-electron chi connectivity index (χ0n) is 17.8. The first-order valence-corrected chi connectivity index (χ1v) is 12.3. The zero-order chi connectivity index (χ0) is 22.4. The van der Waals surface area contributed by atoms with Gasteiger partial charge in [-0.15, -0.1) is 0 Å². The molecule has 4 aromatic rings. The van der Waals surface area contributed by atoms with E-state index in [1.165, 1.54) is 39.5 Å². The Hall–Kier alpha value is -2.80. The van der Waals surface area contributed by atoms with Crippen molar-refractivity contribution < 1.29 is 17.5 Å². The molecular formula is C25H26NO3S2+. The highest BCUT2D eigenvalue weighted by molar-refractivity contribution is 7.85. The molecule has 1 aromatic heterocycles. The molecule has 0 radical (unpaired) electrons. The number of hydrogen-bond acceptors (Lipinski definition) is 3. The minimum absolute atomic E-state index is 0.0666. The van der Waals surface area contributed by atoms with E-state index in [2.05, 4.69) is 78.4 Å². The normalized spacial score (nSPS) is 11.0. The maximum Gasteiger partial charge on any atom is 0.294 e. The summed E-state index contributed by atoms with van der Waals surface area (Å²) in [5.74, 6) is 0. The fourth-order valence-electron chi connectivity index (χ4n) is 3.23. The average molecular weight is 453 g/mol. The summed E-state index contributed by atoms with van der Waals surface area (Å²) >= 11 is 1.81. The Morgan fingerprint density at radius 1 is 0.806 bits per heavy atom. The Balaban J connectivity index is 0.000000210. The molecule has 160 valence electrons. The molecule has 1 heterocycles. The van der Waals surface area contributed by atoms with Crippen molar-refractivity contribution in [2.24, 2.45) is 0 Å². The third-order valence-electron chi connectivity index (χ3n) is 4.93. The van der Waals surface area contributed by atoms with Gasteiger partial charge in [-0.1, -0.05) is 71.5 Å². The van der Waals surface area contributed by atoms with E-state index in [4.69, 9.17) is 4.55 Å². The van der Waals surface area contributed by atoms with Gasteiger partial charge in [-0.2, -0.15) is 13.0 Å². The molecule has 0 unspecified atom stereocenters. The van der Waals surface area contributed by atoms with Crippen LogP contribution in [0.25, 0.3) is 22.4 Å². The molecule has 0 aliphatic carbocycles. The first-order valence-electron chi connectivity index (χ1n) is 9.97. The second-order valence-corrected chi connectivity index (χ2v) is 9.60. The zero-order valence-corrected chi connectivity index (χ0v) is 19.5. The maximum absolute atomic E-state index is 10.5. The van der Waals surface area contributed by atoms with Crippen LogP contribution in [0.4, 0.5) is 0 Å². The van der Waals surface area contributed by atoms with Crippen molar-refractivity contribution in [3.05, 3.63) is 94.8 Å². The van der Waals surface area contributed by atoms with Gasteiger partial charge in [0.1, 0.15) is 6.54 Å². The standard InChI is InChI=1S/C18H18NS.C7H8O3S/c1-3-19-14(2)20-13-18(19)17-11-9-16(10-12-17)15-7-5-4-6-8-15;1-6-2-4-7(5-3-6)11(8,9)10/h4-13H,3H2,1-2H3;2-5H,1H3,(H,8,9,10)/q+1;. The molecule has 0 bridgehead atoms.